The number of ether oxygens (including phenoxy) is 1. The summed E-state index contributed by atoms with van der Waals surface area (Å²) < 4.78 is 7.30. The Hall–Kier alpha value is -4.26. The third-order valence-corrected chi connectivity index (χ3v) is 5.33. The first-order valence-electron chi connectivity index (χ1n) is 10.3. The van der Waals surface area contributed by atoms with E-state index in [2.05, 4.69) is 15.5 Å². The highest BCUT2D eigenvalue weighted by Crippen LogP contribution is 2.27. The van der Waals surface area contributed by atoms with Crippen LogP contribution in [0.4, 0.5) is 5.69 Å². The fourth-order valence-corrected chi connectivity index (χ4v) is 3.67. The van der Waals surface area contributed by atoms with Crippen LogP contribution in [0.5, 0.6) is 5.75 Å². The number of benzene rings is 3. The molecule has 0 unspecified atom stereocenters. The van der Waals surface area contributed by atoms with Gasteiger partial charge < -0.3 is 10.1 Å². The fourth-order valence-electron chi connectivity index (χ4n) is 3.67. The molecule has 2 aromatic heterocycles. The largest absolute Gasteiger partial charge is 0.484 e. The van der Waals surface area contributed by atoms with E-state index in [-0.39, 0.29) is 12.5 Å². The maximum absolute atomic E-state index is 12.5. The van der Waals surface area contributed by atoms with Gasteiger partial charge in [-0.05, 0) is 37.6 Å². The van der Waals surface area contributed by atoms with Crippen molar-refractivity contribution < 1.29 is 9.53 Å². The van der Waals surface area contributed by atoms with Gasteiger partial charge in [-0.1, -0.05) is 54.6 Å². The molecule has 0 aliphatic rings. The van der Waals surface area contributed by atoms with Crippen molar-refractivity contribution in [2.24, 2.45) is 0 Å². The van der Waals surface area contributed by atoms with Crippen molar-refractivity contribution >= 4 is 28.0 Å². The Morgan fingerprint density at radius 3 is 2.50 bits per heavy atom. The van der Waals surface area contributed by atoms with Gasteiger partial charge in [0, 0.05) is 22.0 Å². The van der Waals surface area contributed by atoms with Crippen molar-refractivity contribution in [2.45, 2.75) is 13.8 Å². The summed E-state index contributed by atoms with van der Waals surface area (Å²) in [4.78, 5) is 12.5. The van der Waals surface area contributed by atoms with Crippen LogP contribution >= 0.6 is 0 Å². The zero-order chi connectivity index (χ0) is 22.1. The molecule has 0 atom stereocenters. The third-order valence-electron chi connectivity index (χ3n) is 5.33. The minimum absolute atomic E-state index is 0.0751. The van der Waals surface area contributed by atoms with Crippen molar-refractivity contribution in [1.82, 2.24) is 19.8 Å². The van der Waals surface area contributed by atoms with Gasteiger partial charge in [0.05, 0.1) is 5.69 Å². The van der Waals surface area contributed by atoms with Gasteiger partial charge in [-0.2, -0.15) is 9.61 Å². The number of nitrogens with zero attached hydrogens (tertiary/aromatic N) is 4. The van der Waals surface area contributed by atoms with Gasteiger partial charge in [-0.3, -0.25) is 4.79 Å². The lowest BCUT2D eigenvalue weighted by molar-refractivity contribution is -0.118. The Morgan fingerprint density at radius 1 is 0.938 bits per heavy atom. The molecule has 158 valence electrons. The molecule has 0 aliphatic heterocycles. The molecule has 1 amide bonds. The minimum atomic E-state index is -0.236. The number of rotatable bonds is 5. The molecule has 5 aromatic rings. The Bertz CT molecular complexity index is 1440. The molecule has 7 heteroatoms. The molecule has 0 radical (unpaired) electrons. The summed E-state index contributed by atoms with van der Waals surface area (Å²) in [7, 11) is 0. The van der Waals surface area contributed by atoms with E-state index in [9.17, 15) is 4.79 Å². The molecular weight excluding hydrogens is 402 g/mol. The topological polar surface area (TPSA) is 81.4 Å². The molecule has 0 saturated heterocycles. The summed E-state index contributed by atoms with van der Waals surface area (Å²) in [6, 6.07) is 23.1. The fraction of sp³-hybridized carbons (Fsp3) is 0.120. The second kappa shape index (κ2) is 8.11. The van der Waals surface area contributed by atoms with Crippen LogP contribution in [0.3, 0.4) is 0 Å². The van der Waals surface area contributed by atoms with E-state index < -0.39 is 0 Å². The van der Waals surface area contributed by atoms with Crippen LogP contribution in [0.25, 0.3) is 27.8 Å². The Balaban J connectivity index is 1.45. The van der Waals surface area contributed by atoms with Gasteiger partial charge in [0.2, 0.25) is 0 Å². The number of hydrogen-bond acceptors (Lipinski definition) is 5. The number of hydrogen-bond donors (Lipinski definition) is 1. The molecule has 0 bridgehead atoms. The molecule has 5 rings (SSSR count). The normalized spacial score (nSPS) is 11.1. The van der Waals surface area contributed by atoms with Crippen LogP contribution in [-0.4, -0.2) is 32.3 Å². The van der Waals surface area contributed by atoms with Crippen molar-refractivity contribution in [3.63, 3.8) is 0 Å². The average Bonchev–Trinajstić information content (AvgIpc) is 3.24. The zero-order valence-electron chi connectivity index (χ0n) is 17.7. The lowest BCUT2D eigenvalue weighted by Gasteiger charge is -2.11. The predicted octanol–water partition coefficient (Wildman–Crippen LogP) is 4.58. The third kappa shape index (κ3) is 3.65. The second-order valence-corrected chi connectivity index (χ2v) is 7.57. The molecule has 7 nitrogen and oxygen atoms in total. The van der Waals surface area contributed by atoms with Crippen LogP contribution in [0.15, 0.2) is 72.8 Å². The molecule has 32 heavy (non-hydrogen) atoms. The SMILES string of the molecule is Cc1ccc(-c2nnc3c4ccccc4c(C)nn23)cc1NC(=O)COc1ccccc1. The lowest BCUT2D eigenvalue weighted by atomic mass is 10.1. The van der Waals surface area contributed by atoms with Crippen LogP contribution in [0, 0.1) is 13.8 Å². The Labute approximate surface area is 184 Å². The molecule has 0 spiro atoms. The number of para-hydroxylation sites is 1. The summed E-state index contributed by atoms with van der Waals surface area (Å²) in [6.45, 7) is 3.84. The molecular formula is C25H21N5O2. The van der Waals surface area contributed by atoms with Crippen LogP contribution in [0.2, 0.25) is 0 Å². The maximum atomic E-state index is 12.5. The van der Waals surface area contributed by atoms with Crippen LogP contribution < -0.4 is 10.1 Å². The lowest BCUT2D eigenvalue weighted by Crippen LogP contribution is -2.20. The van der Waals surface area contributed by atoms with Crippen LogP contribution in [-0.2, 0) is 4.79 Å². The highest BCUT2D eigenvalue weighted by molar-refractivity contribution is 5.96. The van der Waals surface area contributed by atoms with Gasteiger partial charge in [-0.15, -0.1) is 10.2 Å². The molecule has 0 aliphatic carbocycles. The highest BCUT2D eigenvalue weighted by Gasteiger charge is 2.15. The number of anilines is 1. The smallest absolute Gasteiger partial charge is 0.262 e. The van der Waals surface area contributed by atoms with Crippen molar-refractivity contribution in [1.29, 1.82) is 0 Å². The van der Waals surface area contributed by atoms with Gasteiger partial charge in [0.15, 0.2) is 18.1 Å². The molecule has 2 heterocycles. The average molecular weight is 423 g/mol. The van der Waals surface area contributed by atoms with Gasteiger partial charge in [-0.25, -0.2) is 0 Å². The van der Waals surface area contributed by atoms with E-state index in [4.69, 9.17) is 9.84 Å². The molecule has 0 fully saturated rings. The van der Waals surface area contributed by atoms with Crippen molar-refractivity contribution in [3.05, 3.63) is 84.1 Å². The quantitative estimate of drug-likeness (QED) is 0.448. The molecule has 0 saturated carbocycles. The monoisotopic (exact) mass is 423 g/mol. The van der Waals surface area contributed by atoms with Crippen molar-refractivity contribution in [2.75, 3.05) is 11.9 Å². The zero-order valence-corrected chi connectivity index (χ0v) is 17.7. The maximum Gasteiger partial charge on any atom is 0.262 e. The molecule has 3 aromatic carbocycles. The van der Waals surface area contributed by atoms with Crippen LogP contribution in [0.1, 0.15) is 11.3 Å². The van der Waals surface area contributed by atoms with E-state index in [1.807, 2.05) is 86.6 Å². The summed E-state index contributed by atoms with van der Waals surface area (Å²) >= 11 is 0. The Kier molecular flexibility index (Phi) is 4.99. The summed E-state index contributed by atoms with van der Waals surface area (Å²) in [6.07, 6.45) is 0. The summed E-state index contributed by atoms with van der Waals surface area (Å²) in [5.41, 5.74) is 4.03. The number of carbonyl (C=O) groups excluding carboxylic acids is 1. The number of amides is 1. The van der Waals surface area contributed by atoms with E-state index in [1.54, 1.807) is 4.52 Å². The van der Waals surface area contributed by atoms with E-state index in [1.165, 1.54) is 0 Å². The minimum Gasteiger partial charge on any atom is -0.484 e. The predicted molar refractivity (Wildman–Crippen MR) is 124 cm³/mol. The molecule has 1 N–H and O–H groups in total. The van der Waals surface area contributed by atoms with E-state index in [0.717, 1.165) is 27.6 Å². The number of fused-ring (bicyclic) bond motifs is 3. The number of nitrogens with one attached hydrogen (secondary N) is 1. The number of aromatic nitrogens is 4. The first-order chi connectivity index (χ1) is 15.6. The second-order valence-electron chi connectivity index (χ2n) is 7.57. The van der Waals surface area contributed by atoms with Crippen molar-refractivity contribution in [3.8, 4) is 17.1 Å². The first-order valence-corrected chi connectivity index (χ1v) is 10.3. The van der Waals surface area contributed by atoms with E-state index >= 15 is 0 Å². The van der Waals surface area contributed by atoms with E-state index in [0.29, 0.717) is 22.9 Å². The summed E-state index contributed by atoms with van der Waals surface area (Å²) in [5.74, 6) is 1.03. The standard InChI is InChI=1S/C25H21N5O2/c1-16-12-13-18(14-22(16)26-23(31)15-32-19-8-4-3-5-9-19)24-27-28-25-21-11-7-6-10-20(21)17(2)29-30(24)25/h3-14H,15H2,1-2H3,(H,26,31). The number of aryl methyl sites for hydroxylation is 2. The highest BCUT2D eigenvalue weighted by atomic mass is 16.5. The van der Waals surface area contributed by atoms with Gasteiger partial charge in [0.25, 0.3) is 5.91 Å². The first kappa shape index (κ1) is 19.7. The summed E-state index contributed by atoms with van der Waals surface area (Å²) in [5, 5.41) is 18.5. The van der Waals surface area contributed by atoms with Gasteiger partial charge >= 0.3 is 0 Å². The Morgan fingerprint density at radius 2 is 1.69 bits per heavy atom. The van der Waals surface area contributed by atoms with Gasteiger partial charge in [0.1, 0.15) is 5.75 Å². The number of carbonyl (C=O) groups is 1.